The molecular formula is C30H36F2N4O4S. The number of anilines is 1. The summed E-state index contributed by atoms with van der Waals surface area (Å²) in [4.78, 5) is 28.9. The summed E-state index contributed by atoms with van der Waals surface area (Å²) in [6.45, 7) is 2.59. The summed E-state index contributed by atoms with van der Waals surface area (Å²) in [6, 6.07) is 18.7. The Bertz CT molecular complexity index is 1440. The van der Waals surface area contributed by atoms with Crippen LogP contribution >= 0.6 is 0 Å². The van der Waals surface area contributed by atoms with Gasteiger partial charge in [0.15, 0.2) is 0 Å². The van der Waals surface area contributed by atoms with Crippen LogP contribution in [0.25, 0.3) is 0 Å². The van der Waals surface area contributed by atoms with Crippen molar-refractivity contribution in [3.05, 3.63) is 102 Å². The average molecular weight is 587 g/mol. The van der Waals surface area contributed by atoms with Crippen LogP contribution in [0.3, 0.4) is 0 Å². The van der Waals surface area contributed by atoms with Crippen molar-refractivity contribution < 1.29 is 26.8 Å². The third kappa shape index (κ3) is 8.11. The maximum atomic E-state index is 14.9. The van der Waals surface area contributed by atoms with Gasteiger partial charge in [0.1, 0.15) is 24.2 Å². The number of carbonyl (C=O) groups excluding carboxylic acids is 2. The lowest BCUT2D eigenvalue weighted by Crippen LogP contribution is -2.55. The molecule has 0 aliphatic carbocycles. The summed E-state index contributed by atoms with van der Waals surface area (Å²) in [5.41, 5.74) is 0.558. The first kappa shape index (κ1) is 31.7. The molecule has 0 bridgehead atoms. The molecule has 2 atom stereocenters. The third-order valence-corrected chi connectivity index (χ3v) is 8.52. The zero-order chi connectivity index (χ0) is 30.2. The van der Waals surface area contributed by atoms with Crippen LogP contribution in [0.4, 0.5) is 14.5 Å². The molecule has 2 amide bonds. The van der Waals surface area contributed by atoms with Crippen LogP contribution in [-0.2, 0) is 32.8 Å². The van der Waals surface area contributed by atoms with Crippen LogP contribution in [0.15, 0.2) is 78.9 Å². The molecule has 0 spiro atoms. The average Bonchev–Trinajstić information content (AvgIpc) is 2.95. The lowest BCUT2D eigenvalue weighted by molar-refractivity contribution is -0.140. The Labute approximate surface area is 240 Å². The van der Waals surface area contributed by atoms with Crippen molar-refractivity contribution in [3.8, 4) is 0 Å². The first-order valence-corrected chi connectivity index (χ1v) is 14.7. The van der Waals surface area contributed by atoms with Gasteiger partial charge in [0.05, 0.1) is 5.69 Å². The van der Waals surface area contributed by atoms with Gasteiger partial charge in [0, 0.05) is 38.7 Å². The second kappa shape index (κ2) is 14.2. The number of nitrogens with zero attached hydrogens (tertiary/aromatic N) is 3. The van der Waals surface area contributed by atoms with E-state index in [0.717, 1.165) is 15.9 Å². The number of hydrogen-bond donors (Lipinski definition) is 1. The van der Waals surface area contributed by atoms with E-state index in [1.165, 1.54) is 55.4 Å². The fourth-order valence-electron chi connectivity index (χ4n) is 4.16. The second-order valence-corrected chi connectivity index (χ2v) is 12.0. The Morgan fingerprint density at radius 3 is 2.05 bits per heavy atom. The lowest BCUT2D eigenvalue weighted by atomic mass is 10.0. The van der Waals surface area contributed by atoms with E-state index in [0.29, 0.717) is 10.7 Å². The molecule has 0 heterocycles. The Hall–Kier alpha value is -3.83. The van der Waals surface area contributed by atoms with E-state index >= 15 is 0 Å². The maximum Gasteiger partial charge on any atom is 0.304 e. The third-order valence-electron chi connectivity index (χ3n) is 6.71. The minimum atomic E-state index is -4.35. The van der Waals surface area contributed by atoms with E-state index in [-0.39, 0.29) is 30.3 Å². The minimum absolute atomic E-state index is 0.0867. The van der Waals surface area contributed by atoms with Crippen molar-refractivity contribution in [2.24, 2.45) is 0 Å². The van der Waals surface area contributed by atoms with Crippen LogP contribution in [0.1, 0.15) is 31.4 Å². The van der Waals surface area contributed by atoms with Crippen molar-refractivity contribution in [2.75, 3.05) is 24.9 Å². The lowest BCUT2D eigenvalue weighted by Gasteiger charge is -2.35. The van der Waals surface area contributed by atoms with Crippen molar-refractivity contribution in [1.29, 1.82) is 0 Å². The molecule has 1 N–H and O–H groups in total. The van der Waals surface area contributed by atoms with Crippen LogP contribution < -0.4 is 9.62 Å². The van der Waals surface area contributed by atoms with Crippen LogP contribution in [0, 0.1) is 11.6 Å². The largest absolute Gasteiger partial charge is 0.352 e. The van der Waals surface area contributed by atoms with Gasteiger partial charge in [-0.25, -0.2) is 13.1 Å². The van der Waals surface area contributed by atoms with E-state index in [2.05, 4.69) is 5.32 Å². The van der Waals surface area contributed by atoms with E-state index in [9.17, 15) is 26.8 Å². The van der Waals surface area contributed by atoms with Gasteiger partial charge in [-0.2, -0.15) is 12.7 Å². The summed E-state index contributed by atoms with van der Waals surface area (Å²) >= 11 is 0. The Morgan fingerprint density at radius 2 is 1.46 bits per heavy atom. The molecule has 3 aromatic carbocycles. The van der Waals surface area contributed by atoms with Gasteiger partial charge in [0.25, 0.3) is 0 Å². The van der Waals surface area contributed by atoms with E-state index in [4.69, 9.17) is 0 Å². The number of nitrogens with one attached hydrogen (secondary N) is 1. The maximum absolute atomic E-state index is 14.9. The van der Waals surface area contributed by atoms with Crippen molar-refractivity contribution in [3.63, 3.8) is 0 Å². The van der Waals surface area contributed by atoms with Crippen LogP contribution in [-0.4, -0.2) is 62.2 Å². The molecular weight excluding hydrogens is 550 g/mol. The number of amides is 2. The number of rotatable bonds is 13. The summed E-state index contributed by atoms with van der Waals surface area (Å²) in [6.07, 6.45) is 0.719. The van der Waals surface area contributed by atoms with Gasteiger partial charge in [-0.1, -0.05) is 67.6 Å². The quantitative estimate of drug-likeness (QED) is 0.326. The van der Waals surface area contributed by atoms with E-state index in [1.54, 1.807) is 30.3 Å². The number of hydrogen-bond acceptors (Lipinski definition) is 4. The smallest absolute Gasteiger partial charge is 0.304 e. The molecule has 0 aliphatic rings. The number of halogens is 2. The van der Waals surface area contributed by atoms with Gasteiger partial charge in [0.2, 0.25) is 11.8 Å². The molecule has 0 saturated carbocycles. The SMILES string of the molecule is CC[C@@H](C)NC(=O)[C@@H](Cc1ccccc1)N(Cc1ccccc1F)C(=O)CN(c1ccccc1F)S(=O)(=O)N(C)C. The Balaban J connectivity index is 2.12. The molecule has 0 fully saturated rings. The van der Waals surface area contributed by atoms with Gasteiger partial charge in [-0.05, 0) is 37.1 Å². The molecule has 0 radical (unpaired) electrons. The fraction of sp³-hybridized carbons (Fsp3) is 0.333. The summed E-state index contributed by atoms with van der Waals surface area (Å²) < 4.78 is 57.9. The fourth-order valence-corrected chi connectivity index (χ4v) is 5.23. The second-order valence-electron chi connectivity index (χ2n) is 9.88. The number of carbonyl (C=O) groups is 2. The molecule has 8 nitrogen and oxygen atoms in total. The Kier molecular flexibility index (Phi) is 11.0. The number of benzene rings is 3. The highest BCUT2D eigenvalue weighted by Crippen LogP contribution is 2.24. The molecule has 0 saturated heterocycles. The zero-order valence-corrected chi connectivity index (χ0v) is 24.4. The monoisotopic (exact) mass is 586 g/mol. The topological polar surface area (TPSA) is 90.0 Å². The van der Waals surface area contributed by atoms with Crippen LogP contribution in [0.2, 0.25) is 0 Å². The highest BCUT2D eigenvalue weighted by Gasteiger charge is 2.36. The standard InChI is InChI=1S/C30H36F2N4O4S/c1-5-22(2)33-30(38)28(19-23-13-7-6-8-14-23)35(20-24-15-9-10-16-25(24)31)29(37)21-36(41(39,40)34(3)4)27-18-12-11-17-26(27)32/h6-18,22,28H,5,19-21H2,1-4H3,(H,33,38)/t22-,28-/m1/s1. The van der Waals surface area contributed by atoms with E-state index < -0.39 is 46.2 Å². The van der Waals surface area contributed by atoms with Crippen molar-refractivity contribution in [2.45, 2.75) is 45.3 Å². The highest BCUT2D eigenvalue weighted by molar-refractivity contribution is 7.90. The van der Waals surface area contributed by atoms with Crippen molar-refractivity contribution >= 4 is 27.7 Å². The molecule has 3 rings (SSSR count). The number of para-hydroxylation sites is 1. The molecule has 41 heavy (non-hydrogen) atoms. The normalized spacial score (nSPS) is 13.0. The molecule has 0 unspecified atom stereocenters. The summed E-state index contributed by atoms with van der Waals surface area (Å²) in [7, 11) is -1.81. The highest BCUT2D eigenvalue weighted by atomic mass is 32.2. The molecule has 3 aromatic rings. The Morgan fingerprint density at radius 1 is 0.878 bits per heavy atom. The van der Waals surface area contributed by atoms with Gasteiger partial charge >= 0.3 is 10.2 Å². The van der Waals surface area contributed by atoms with Gasteiger partial charge in [-0.15, -0.1) is 0 Å². The first-order valence-electron chi connectivity index (χ1n) is 13.3. The van der Waals surface area contributed by atoms with E-state index in [1.807, 2.05) is 19.9 Å². The molecule has 11 heteroatoms. The summed E-state index contributed by atoms with van der Waals surface area (Å²) in [5.74, 6) is -2.71. The first-order chi connectivity index (χ1) is 19.4. The molecule has 220 valence electrons. The van der Waals surface area contributed by atoms with Gasteiger partial charge in [-0.3, -0.25) is 9.59 Å². The summed E-state index contributed by atoms with van der Waals surface area (Å²) in [5, 5.41) is 2.90. The van der Waals surface area contributed by atoms with Crippen LogP contribution in [0.5, 0.6) is 0 Å². The predicted octanol–water partition coefficient (Wildman–Crippen LogP) is 4.13. The van der Waals surface area contributed by atoms with Crippen molar-refractivity contribution in [1.82, 2.24) is 14.5 Å². The predicted molar refractivity (Wildman–Crippen MR) is 155 cm³/mol. The molecule has 0 aliphatic heterocycles. The zero-order valence-electron chi connectivity index (χ0n) is 23.6. The van der Waals surface area contributed by atoms with Gasteiger partial charge < -0.3 is 10.2 Å². The molecule has 0 aromatic heterocycles. The minimum Gasteiger partial charge on any atom is -0.352 e.